The molecule has 0 aromatic heterocycles. The maximum absolute atomic E-state index is 12.4. The summed E-state index contributed by atoms with van der Waals surface area (Å²) in [5.41, 5.74) is 0.382. The van der Waals surface area contributed by atoms with Crippen LogP contribution in [0, 0.1) is 5.92 Å². The lowest BCUT2D eigenvalue weighted by atomic mass is 10.0. The Balaban J connectivity index is 1.70. The van der Waals surface area contributed by atoms with Crippen LogP contribution in [0.5, 0.6) is 11.5 Å². The SMILES string of the molecule is CC(C)C[C@H]1NC(=O)N(CC(=O)c2ccc3c(c2)OCCO3)C1=O. The molecule has 128 valence electrons. The number of rotatable bonds is 5. The third-order valence-electron chi connectivity index (χ3n) is 3.98. The Bertz CT molecular complexity index is 686. The van der Waals surface area contributed by atoms with Crippen LogP contribution in [0.15, 0.2) is 18.2 Å². The average Bonchev–Trinajstić information content (AvgIpc) is 2.81. The fourth-order valence-corrected chi connectivity index (χ4v) is 2.81. The number of amides is 3. The van der Waals surface area contributed by atoms with Gasteiger partial charge in [0.05, 0.1) is 6.54 Å². The van der Waals surface area contributed by atoms with Gasteiger partial charge in [0.25, 0.3) is 5.91 Å². The summed E-state index contributed by atoms with van der Waals surface area (Å²) in [6, 6.07) is 3.79. The topological polar surface area (TPSA) is 84.9 Å². The number of nitrogens with one attached hydrogen (secondary N) is 1. The summed E-state index contributed by atoms with van der Waals surface area (Å²) < 4.78 is 10.9. The fraction of sp³-hybridized carbons (Fsp3) is 0.471. The number of urea groups is 1. The summed E-state index contributed by atoms with van der Waals surface area (Å²) >= 11 is 0. The van der Waals surface area contributed by atoms with E-state index in [4.69, 9.17) is 9.47 Å². The number of Topliss-reactive ketones (excluding diaryl/α,β-unsaturated/α-hetero) is 1. The molecule has 7 nitrogen and oxygen atoms in total. The number of nitrogens with zero attached hydrogens (tertiary/aromatic N) is 1. The highest BCUT2D eigenvalue weighted by Crippen LogP contribution is 2.31. The monoisotopic (exact) mass is 332 g/mol. The van der Waals surface area contributed by atoms with Crippen LogP contribution in [0.25, 0.3) is 0 Å². The molecule has 0 bridgehead atoms. The molecule has 1 fully saturated rings. The van der Waals surface area contributed by atoms with Crippen molar-refractivity contribution >= 4 is 17.7 Å². The molecular formula is C17H20N2O5. The number of carbonyl (C=O) groups is 3. The van der Waals surface area contributed by atoms with Gasteiger partial charge in [-0.3, -0.25) is 14.5 Å². The summed E-state index contributed by atoms with van der Waals surface area (Å²) in [5.74, 6) is 0.694. The molecule has 0 saturated carbocycles. The van der Waals surface area contributed by atoms with Gasteiger partial charge in [0.2, 0.25) is 0 Å². The number of hydrogen-bond acceptors (Lipinski definition) is 5. The van der Waals surface area contributed by atoms with Crippen molar-refractivity contribution in [2.24, 2.45) is 5.92 Å². The van der Waals surface area contributed by atoms with E-state index in [9.17, 15) is 14.4 Å². The van der Waals surface area contributed by atoms with Crippen LogP contribution in [-0.2, 0) is 4.79 Å². The maximum Gasteiger partial charge on any atom is 0.325 e. The number of ketones is 1. The van der Waals surface area contributed by atoms with Gasteiger partial charge in [0.1, 0.15) is 19.3 Å². The van der Waals surface area contributed by atoms with Gasteiger partial charge < -0.3 is 14.8 Å². The van der Waals surface area contributed by atoms with Crippen molar-refractivity contribution in [2.75, 3.05) is 19.8 Å². The minimum absolute atomic E-state index is 0.271. The van der Waals surface area contributed by atoms with E-state index in [1.54, 1.807) is 18.2 Å². The van der Waals surface area contributed by atoms with E-state index in [-0.39, 0.29) is 24.2 Å². The highest BCUT2D eigenvalue weighted by atomic mass is 16.6. The van der Waals surface area contributed by atoms with E-state index in [0.29, 0.717) is 36.7 Å². The molecule has 1 N–H and O–H groups in total. The van der Waals surface area contributed by atoms with Crippen LogP contribution in [-0.4, -0.2) is 48.4 Å². The summed E-state index contributed by atoms with van der Waals surface area (Å²) in [6.07, 6.45) is 0.555. The van der Waals surface area contributed by atoms with Crippen molar-refractivity contribution < 1.29 is 23.9 Å². The number of fused-ring (bicyclic) bond motifs is 1. The molecule has 1 saturated heterocycles. The van der Waals surface area contributed by atoms with Gasteiger partial charge in [-0.2, -0.15) is 0 Å². The van der Waals surface area contributed by atoms with Gasteiger partial charge in [-0.05, 0) is 30.5 Å². The summed E-state index contributed by atoms with van der Waals surface area (Å²) in [4.78, 5) is 37.7. The molecule has 0 unspecified atom stereocenters. The summed E-state index contributed by atoms with van der Waals surface area (Å²) in [5, 5.41) is 2.63. The quantitative estimate of drug-likeness (QED) is 0.654. The lowest BCUT2D eigenvalue weighted by molar-refractivity contribution is -0.127. The second-order valence-corrected chi connectivity index (χ2v) is 6.34. The maximum atomic E-state index is 12.4. The first kappa shape index (κ1) is 16.3. The van der Waals surface area contributed by atoms with Crippen molar-refractivity contribution in [1.82, 2.24) is 10.2 Å². The Morgan fingerprint density at radius 1 is 1.25 bits per heavy atom. The molecule has 2 aliphatic heterocycles. The normalized spacial score (nSPS) is 19.6. The molecular weight excluding hydrogens is 312 g/mol. The number of hydrogen-bond donors (Lipinski definition) is 1. The minimum Gasteiger partial charge on any atom is -0.486 e. The predicted molar refractivity (Wildman–Crippen MR) is 85.3 cm³/mol. The van der Waals surface area contributed by atoms with E-state index in [1.165, 1.54) is 0 Å². The zero-order valence-electron chi connectivity index (χ0n) is 13.7. The van der Waals surface area contributed by atoms with E-state index >= 15 is 0 Å². The van der Waals surface area contributed by atoms with Crippen LogP contribution in [0.2, 0.25) is 0 Å². The van der Waals surface area contributed by atoms with Crippen LogP contribution in [0.1, 0.15) is 30.6 Å². The van der Waals surface area contributed by atoms with Crippen molar-refractivity contribution in [3.05, 3.63) is 23.8 Å². The van der Waals surface area contributed by atoms with Crippen LogP contribution in [0.4, 0.5) is 4.79 Å². The van der Waals surface area contributed by atoms with E-state index in [1.807, 2.05) is 13.8 Å². The zero-order valence-corrected chi connectivity index (χ0v) is 13.7. The number of benzene rings is 1. The predicted octanol–water partition coefficient (Wildman–Crippen LogP) is 1.61. The van der Waals surface area contributed by atoms with E-state index < -0.39 is 12.1 Å². The van der Waals surface area contributed by atoms with Crippen LogP contribution < -0.4 is 14.8 Å². The lowest BCUT2D eigenvalue weighted by Crippen LogP contribution is -2.36. The molecule has 0 radical (unpaired) electrons. The second-order valence-electron chi connectivity index (χ2n) is 6.34. The standard InChI is InChI=1S/C17H20N2O5/c1-10(2)7-12-16(21)19(17(22)18-12)9-13(20)11-3-4-14-15(8-11)24-6-5-23-14/h3-4,8,10,12H,5-7,9H2,1-2H3,(H,18,22)/t12-/m1/s1. The molecule has 2 aliphatic rings. The molecule has 0 spiro atoms. The number of carbonyl (C=O) groups excluding carboxylic acids is 3. The van der Waals surface area contributed by atoms with Gasteiger partial charge in [-0.1, -0.05) is 13.8 Å². The summed E-state index contributed by atoms with van der Waals surface area (Å²) in [7, 11) is 0. The third kappa shape index (κ3) is 3.20. The van der Waals surface area contributed by atoms with Crippen molar-refractivity contribution in [3.8, 4) is 11.5 Å². The van der Waals surface area contributed by atoms with Gasteiger partial charge in [0.15, 0.2) is 17.3 Å². The fourth-order valence-electron chi connectivity index (χ4n) is 2.81. The molecule has 1 atom stereocenters. The molecule has 0 aliphatic carbocycles. The Kier molecular flexibility index (Phi) is 4.42. The van der Waals surface area contributed by atoms with Gasteiger partial charge in [0, 0.05) is 5.56 Å². The van der Waals surface area contributed by atoms with Crippen LogP contribution in [0.3, 0.4) is 0 Å². The summed E-state index contributed by atoms with van der Waals surface area (Å²) in [6.45, 7) is 4.57. The van der Waals surface area contributed by atoms with Crippen molar-refractivity contribution in [3.63, 3.8) is 0 Å². The molecule has 24 heavy (non-hydrogen) atoms. The zero-order chi connectivity index (χ0) is 17.3. The van der Waals surface area contributed by atoms with Crippen molar-refractivity contribution in [2.45, 2.75) is 26.3 Å². The highest BCUT2D eigenvalue weighted by molar-refractivity contribution is 6.09. The molecule has 7 heteroatoms. The first-order valence-electron chi connectivity index (χ1n) is 8.00. The highest BCUT2D eigenvalue weighted by Gasteiger charge is 2.39. The van der Waals surface area contributed by atoms with Crippen LogP contribution >= 0.6 is 0 Å². The minimum atomic E-state index is -0.550. The number of imide groups is 1. The first-order chi connectivity index (χ1) is 11.5. The van der Waals surface area contributed by atoms with Gasteiger partial charge in [-0.15, -0.1) is 0 Å². The van der Waals surface area contributed by atoms with Gasteiger partial charge in [-0.25, -0.2) is 4.79 Å². The smallest absolute Gasteiger partial charge is 0.325 e. The van der Waals surface area contributed by atoms with E-state index in [0.717, 1.165) is 4.90 Å². The Labute approximate surface area is 139 Å². The molecule has 3 amide bonds. The Morgan fingerprint density at radius 3 is 2.67 bits per heavy atom. The molecule has 1 aromatic carbocycles. The Morgan fingerprint density at radius 2 is 1.96 bits per heavy atom. The van der Waals surface area contributed by atoms with Crippen molar-refractivity contribution in [1.29, 1.82) is 0 Å². The number of ether oxygens (including phenoxy) is 2. The Hall–Kier alpha value is -2.57. The molecule has 2 heterocycles. The lowest BCUT2D eigenvalue weighted by Gasteiger charge is -2.19. The van der Waals surface area contributed by atoms with E-state index in [2.05, 4.69) is 5.32 Å². The average molecular weight is 332 g/mol. The first-order valence-corrected chi connectivity index (χ1v) is 8.00. The third-order valence-corrected chi connectivity index (χ3v) is 3.98. The second kappa shape index (κ2) is 6.51. The molecule has 3 rings (SSSR count). The van der Waals surface area contributed by atoms with Gasteiger partial charge >= 0.3 is 6.03 Å². The largest absolute Gasteiger partial charge is 0.486 e. The molecule has 1 aromatic rings.